The van der Waals surface area contributed by atoms with E-state index in [1.54, 1.807) is 16.8 Å². The molecule has 0 radical (unpaired) electrons. The standard InChI is InChI=1S/C12H14BrN3O2S/c1-7-11(13)8(2)16(15-7)9-5-4-6-10(12(9)14)19(3,17)18/h4-6H,14H2,1-3H3. The van der Waals surface area contributed by atoms with Crippen LogP contribution in [0.15, 0.2) is 27.6 Å². The average molecular weight is 344 g/mol. The molecule has 0 aliphatic rings. The van der Waals surface area contributed by atoms with E-state index in [-0.39, 0.29) is 10.6 Å². The van der Waals surface area contributed by atoms with Crippen LogP contribution in [0.25, 0.3) is 5.69 Å². The highest BCUT2D eigenvalue weighted by molar-refractivity contribution is 9.10. The van der Waals surface area contributed by atoms with Gasteiger partial charge in [0, 0.05) is 6.26 Å². The topological polar surface area (TPSA) is 78.0 Å². The summed E-state index contributed by atoms with van der Waals surface area (Å²) in [5.74, 6) is 0. The molecule has 0 amide bonds. The Hall–Kier alpha value is -1.34. The minimum Gasteiger partial charge on any atom is -0.396 e. The van der Waals surface area contributed by atoms with Crippen molar-refractivity contribution < 1.29 is 8.42 Å². The van der Waals surface area contributed by atoms with Crippen LogP contribution in [0.1, 0.15) is 11.4 Å². The van der Waals surface area contributed by atoms with Crippen LogP contribution in [0.3, 0.4) is 0 Å². The lowest BCUT2D eigenvalue weighted by atomic mass is 10.2. The molecular weight excluding hydrogens is 330 g/mol. The number of benzene rings is 1. The predicted molar refractivity (Wildman–Crippen MR) is 78.3 cm³/mol. The van der Waals surface area contributed by atoms with Gasteiger partial charge < -0.3 is 5.73 Å². The summed E-state index contributed by atoms with van der Waals surface area (Å²) in [4.78, 5) is 0.119. The van der Waals surface area contributed by atoms with Crippen molar-refractivity contribution in [3.63, 3.8) is 0 Å². The molecule has 0 aliphatic carbocycles. The molecule has 19 heavy (non-hydrogen) atoms. The molecule has 102 valence electrons. The van der Waals surface area contributed by atoms with Crippen molar-refractivity contribution in [2.75, 3.05) is 12.0 Å². The monoisotopic (exact) mass is 343 g/mol. The Labute approximate surface area is 120 Å². The Morgan fingerprint density at radius 3 is 2.42 bits per heavy atom. The third-order valence-corrected chi connectivity index (χ3v) is 5.18. The van der Waals surface area contributed by atoms with E-state index < -0.39 is 9.84 Å². The summed E-state index contributed by atoms with van der Waals surface area (Å²) in [5, 5.41) is 4.36. The molecular formula is C12H14BrN3O2S. The first-order chi connectivity index (χ1) is 8.73. The minimum atomic E-state index is -3.36. The van der Waals surface area contributed by atoms with E-state index in [4.69, 9.17) is 5.73 Å². The molecule has 2 N–H and O–H groups in total. The van der Waals surface area contributed by atoms with Gasteiger partial charge in [-0.3, -0.25) is 0 Å². The molecule has 1 aromatic heterocycles. The number of para-hydroxylation sites is 1. The summed E-state index contributed by atoms with van der Waals surface area (Å²) in [6.45, 7) is 3.75. The van der Waals surface area contributed by atoms with Crippen LogP contribution < -0.4 is 5.73 Å². The normalized spacial score (nSPS) is 11.8. The SMILES string of the molecule is Cc1nn(-c2cccc(S(C)(=O)=O)c2N)c(C)c1Br. The first-order valence-electron chi connectivity index (χ1n) is 5.54. The third kappa shape index (κ3) is 2.40. The fraction of sp³-hybridized carbons (Fsp3) is 0.250. The molecule has 0 saturated carbocycles. The summed E-state index contributed by atoms with van der Waals surface area (Å²) in [7, 11) is -3.36. The molecule has 7 heteroatoms. The van der Waals surface area contributed by atoms with E-state index in [0.29, 0.717) is 5.69 Å². The van der Waals surface area contributed by atoms with Crippen molar-refractivity contribution >= 4 is 31.5 Å². The van der Waals surface area contributed by atoms with Gasteiger partial charge in [-0.25, -0.2) is 13.1 Å². The maximum atomic E-state index is 11.7. The third-order valence-electron chi connectivity index (χ3n) is 2.87. The van der Waals surface area contributed by atoms with Gasteiger partial charge in [0.1, 0.15) is 0 Å². The number of halogens is 1. The molecule has 2 rings (SSSR count). The average Bonchev–Trinajstić information content (AvgIpc) is 2.56. The molecule has 1 aromatic carbocycles. The number of aromatic nitrogens is 2. The van der Waals surface area contributed by atoms with Crippen LogP contribution in [-0.4, -0.2) is 24.5 Å². The van der Waals surface area contributed by atoms with E-state index in [0.717, 1.165) is 22.1 Å². The number of hydrogen-bond acceptors (Lipinski definition) is 4. The summed E-state index contributed by atoms with van der Waals surface area (Å²) in [6.07, 6.45) is 1.14. The first-order valence-corrected chi connectivity index (χ1v) is 8.22. The lowest BCUT2D eigenvalue weighted by Gasteiger charge is -2.11. The molecule has 1 heterocycles. The summed E-state index contributed by atoms with van der Waals surface area (Å²) >= 11 is 3.44. The van der Waals surface area contributed by atoms with E-state index in [1.807, 2.05) is 13.8 Å². The van der Waals surface area contributed by atoms with E-state index >= 15 is 0 Å². The molecule has 0 unspecified atom stereocenters. The van der Waals surface area contributed by atoms with Crippen LogP contribution >= 0.6 is 15.9 Å². The van der Waals surface area contributed by atoms with Gasteiger partial charge in [-0.15, -0.1) is 0 Å². The number of aryl methyl sites for hydroxylation is 1. The Bertz CT molecular complexity index is 751. The van der Waals surface area contributed by atoms with Crippen molar-refractivity contribution in [3.8, 4) is 5.69 Å². The highest BCUT2D eigenvalue weighted by atomic mass is 79.9. The largest absolute Gasteiger partial charge is 0.396 e. The number of nitrogens with two attached hydrogens (primary N) is 1. The fourth-order valence-electron chi connectivity index (χ4n) is 1.90. The van der Waals surface area contributed by atoms with Crippen LogP contribution in [0.4, 0.5) is 5.69 Å². The van der Waals surface area contributed by atoms with Crippen molar-refractivity contribution in [2.24, 2.45) is 0 Å². The van der Waals surface area contributed by atoms with Gasteiger partial charge in [0.25, 0.3) is 0 Å². The molecule has 2 aromatic rings. The predicted octanol–water partition coefficient (Wildman–Crippen LogP) is 2.24. The van der Waals surface area contributed by atoms with Gasteiger partial charge in [0.05, 0.1) is 32.1 Å². The first kappa shape index (κ1) is 14.1. The smallest absolute Gasteiger partial charge is 0.177 e. The second-order valence-electron chi connectivity index (χ2n) is 4.36. The van der Waals surface area contributed by atoms with Gasteiger partial charge >= 0.3 is 0 Å². The van der Waals surface area contributed by atoms with Gasteiger partial charge in [-0.2, -0.15) is 5.10 Å². The van der Waals surface area contributed by atoms with Crippen LogP contribution in [0.5, 0.6) is 0 Å². The van der Waals surface area contributed by atoms with E-state index in [2.05, 4.69) is 21.0 Å². The molecule has 0 bridgehead atoms. The second-order valence-corrected chi connectivity index (χ2v) is 7.13. The highest BCUT2D eigenvalue weighted by Crippen LogP contribution is 2.29. The summed E-state index contributed by atoms with van der Waals surface area (Å²) < 4.78 is 25.9. The molecule has 0 fully saturated rings. The van der Waals surface area contributed by atoms with Crippen molar-refractivity contribution in [2.45, 2.75) is 18.7 Å². The maximum Gasteiger partial charge on any atom is 0.177 e. The van der Waals surface area contributed by atoms with Gasteiger partial charge in [-0.05, 0) is 41.9 Å². The Morgan fingerprint density at radius 1 is 1.32 bits per heavy atom. The zero-order chi connectivity index (χ0) is 14.4. The van der Waals surface area contributed by atoms with Gasteiger partial charge in [-0.1, -0.05) is 6.07 Å². The molecule has 0 atom stereocenters. The Kier molecular flexibility index (Phi) is 3.44. The molecule has 0 saturated heterocycles. The second kappa shape index (κ2) is 4.64. The fourth-order valence-corrected chi connectivity index (χ4v) is 2.98. The quantitative estimate of drug-likeness (QED) is 0.848. The van der Waals surface area contributed by atoms with Crippen LogP contribution in [0, 0.1) is 13.8 Å². The zero-order valence-electron chi connectivity index (χ0n) is 10.8. The number of nitrogen functional groups attached to an aromatic ring is 1. The summed E-state index contributed by atoms with van der Waals surface area (Å²) in [5.41, 5.74) is 8.44. The van der Waals surface area contributed by atoms with E-state index in [1.165, 1.54) is 6.07 Å². The minimum absolute atomic E-state index is 0.119. The Morgan fingerprint density at radius 2 is 1.95 bits per heavy atom. The van der Waals surface area contributed by atoms with Gasteiger partial charge in [0.2, 0.25) is 0 Å². The molecule has 0 spiro atoms. The van der Waals surface area contributed by atoms with Gasteiger partial charge in [0.15, 0.2) is 9.84 Å². The summed E-state index contributed by atoms with van der Waals surface area (Å²) in [6, 6.07) is 4.90. The lowest BCUT2D eigenvalue weighted by Crippen LogP contribution is -2.08. The maximum absolute atomic E-state index is 11.7. The van der Waals surface area contributed by atoms with E-state index in [9.17, 15) is 8.42 Å². The zero-order valence-corrected chi connectivity index (χ0v) is 13.2. The van der Waals surface area contributed by atoms with Crippen LogP contribution in [0.2, 0.25) is 0 Å². The highest BCUT2D eigenvalue weighted by Gasteiger charge is 2.18. The molecule has 0 aliphatic heterocycles. The number of rotatable bonds is 2. The number of nitrogens with zero attached hydrogens (tertiary/aromatic N) is 2. The number of hydrogen-bond donors (Lipinski definition) is 1. The number of anilines is 1. The van der Waals surface area contributed by atoms with Crippen molar-refractivity contribution in [1.82, 2.24) is 9.78 Å². The lowest BCUT2D eigenvalue weighted by molar-refractivity contribution is 0.602. The van der Waals surface area contributed by atoms with Crippen LogP contribution in [-0.2, 0) is 9.84 Å². The van der Waals surface area contributed by atoms with Crippen molar-refractivity contribution in [1.29, 1.82) is 0 Å². The number of sulfone groups is 1. The van der Waals surface area contributed by atoms with Crippen molar-refractivity contribution in [3.05, 3.63) is 34.1 Å². The molecule has 5 nitrogen and oxygen atoms in total. The Balaban J connectivity index is 2.74.